The van der Waals surface area contributed by atoms with Crippen molar-refractivity contribution in [2.75, 3.05) is 33.2 Å². The molecule has 230 valence electrons. The standard InChI is InChI=1S/C29H53N5O5S/c1-19(2)23-20(3)17-34(24(23)21(4)35)26(36)25(29(8,9)10)31-27(37)30-22(28(5,6)7)18-32(11)40(38,39)33-15-13-12-14-16-33/h19,22-25H,3,12-18H2,1-2,4-11H3,(H2,30,31,37)/t22-,23+,24-,25-/m1/s1. The van der Waals surface area contributed by atoms with Crippen LogP contribution in [-0.4, -0.2) is 91.0 Å². The first kappa shape index (κ1) is 34.2. The van der Waals surface area contributed by atoms with Gasteiger partial charge in [-0.2, -0.15) is 17.0 Å². The molecule has 0 aromatic carbocycles. The van der Waals surface area contributed by atoms with Crippen molar-refractivity contribution >= 4 is 27.9 Å². The highest BCUT2D eigenvalue weighted by Gasteiger charge is 2.47. The van der Waals surface area contributed by atoms with Crippen LogP contribution in [-0.2, 0) is 19.8 Å². The van der Waals surface area contributed by atoms with Crippen LogP contribution in [0.2, 0.25) is 0 Å². The zero-order chi connectivity index (χ0) is 30.8. The lowest BCUT2D eigenvalue weighted by molar-refractivity contribution is -0.141. The molecule has 2 rings (SSSR count). The monoisotopic (exact) mass is 583 g/mol. The summed E-state index contributed by atoms with van der Waals surface area (Å²) < 4.78 is 29.2. The predicted molar refractivity (Wildman–Crippen MR) is 159 cm³/mol. The van der Waals surface area contributed by atoms with Gasteiger partial charge in [0, 0.05) is 45.2 Å². The highest BCUT2D eigenvalue weighted by Crippen LogP contribution is 2.36. The molecule has 3 amide bonds. The van der Waals surface area contributed by atoms with Crippen molar-refractivity contribution in [3.8, 4) is 0 Å². The molecule has 2 aliphatic heterocycles. The molecule has 0 aliphatic carbocycles. The first-order valence-corrected chi connectivity index (χ1v) is 15.9. The Morgan fingerprint density at radius 1 is 1.00 bits per heavy atom. The van der Waals surface area contributed by atoms with Crippen LogP contribution in [0.3, 0.4) is 0 Å². The number of likely N-dealkylation sites (N-methyl/N-ethyl adjacent to an activating group) is 1. The van der Waals surface area contributed by atoms with Crippen molar-refractivity contribution in [3.63, 3.8) is 0 Å². The second-order valence-corrected chi connectivity index (χ2v) is 16.1. The SMILES string of the molecule is C=C1CN(C(=O)[C@@H](NC(=O)N[C@H](CN(C)S(=O)(=O)N2CCCCC2)C(C)(C)C)C(C)(C)C)[C@H](C(C)=O)[C@H]1C(C)C. The fraction of sp³-hybridized carbons (Fsp3) is 0.828. The molecule has 0 bridgehead atoms. The third-order valence-corrected chi connectivity index (χ3v) is 10.1. The van der Waals surface area contributed by atoms with Crippen molar-refractivity contribution in [2.45, 2.75) is 99.7 Å². The molecule has 2 fully saturated rings. The minimum atomic E-state index is -3.66. The average Bonchev–Trinajstić information content (AvgIpc) is 3.18. The zero-order valence-corrected chi connectivity index (χ0v) is 27.2. The number of urea groups is 1. The molecule has 10 nitrogen and oxygen atoms in total. The molecule has 0 aromatic rings. The van der Waals surface area contributed by atoms with Gasteiger partial charge in [-0.25, -0.2) is 4.79 Å². The van der Waals surface area contributed by atoms with E-state index < -0.39 is 45.2 Å². The predicted octanol–water partition coefficient (Wildman–Crippen LogP) is 3.41. The van der Waals surface area contributed by atoms with E-state index in [0.29, 0.717) is 13.1 Å². The van der Waals surface area contributed by atoms with E-state index in [0.717, 1.165) is 24.8 Å². The van der Waals surface area contributed by atoms with E-state index in [-0.39, 0.29) is 36.6 Å². The van der Waals surface area contributed by atoms with E-state index in [1.165, 1.54) is 22.6 Å². The second-order valence-electron chi connectivity index (χ2n) is 14.0. The van der Waals surface area contributed by atoms with Crippen LogP contribution < -0.4 is 10.6 Å². The number of Topliss-reactive ketones (excluding diaryl/α,β-unsaturated/α-hetero) is 1. The molecule has 0 saturated carbocycles. The number of carbonyl (C=O) groups excluding carboxylic acids is 3. The Kier molecular flexibility index (Phi) is 11.0. The van der Waals surface area contributed by atoms with E-state index in [2.05, 4.69) is 17.2 Å². The quantitative estimate of drug-likeness (QED) is 0.403. The number of hydrogen-bond acceptors (Lipinski definition) is 5. The summed E-state index contributed by atoms with van der Waals surface area (Å²) in [6.07, 6.45) is 2.70. The summed E-state index contributed by atoms with van der Waals surface area (Å²) in [5.41, 5.74) is -0.286. The molecule has 0 unspecified atom stereocenters. The summed E-state index contributed by atoms with van der Waals surface area (Å²) in [5, 5.41) is 5.82. The Morgan fingerprint density at radius 2 is 1.55 bits per heavy atom. The maximum atomic E-state index is 13.9. The lowest BCUT2D eigenvalue weighted by Crippen LogP contribution is -2.61. The van der Waals surface area contributed by atoms with Gasteiger partial charge in [0.15, 0.2) is 5.78 Å². The molecular weight excluding hydrogens is 530 g/mol. The van der Waals surface area contributed by atoms with Crippen molar-refractivity contribution in [1.29, 1.82) is 0 Å². The van der Waals surface area contributed by atoms with Gasteiger partial charge in [-0.3, -0.25) is 9.59 Å². The number of amides is 3. The van der Waals surface area contributed by atoms with Gasteiger partial charge in [-0.1, -0.05) is 74.0 Å². The molecule has 0 aromatic heterocycles. The van der Waals surface area contributed by atoms with Crippen LogP contribution in [0.4, 0.5) is 4.79 Å². The lowest BCUT2D eigenvalue weighted by Gasteiger charge is -2.38. The highest BCUT2D eigenvalue weighted by molar-refractivity contribution is 7.86. The summed E-state index contributed by atoms with van der Waals surface area (Å²) in [6.45, 7) is 22.4. The summed E-state index contributed by atoms with van der Waals surface area (Å²) in [4.78, 5) is 41.6. The van der Waals surface area contributed by atoms with Crippen LogP contribution in [0.15, 0.2) is 12.2 Å². The number of hydrogen-bond donors (Lipinski definition) is 2. The Hall–Kier alpha value is -1.98. The molecule has 2 N–H and O–H groups in total. The zero-order valence-electron chi connectivity index (χ0n) is 26.3. The average molecular weight is 584 g/mol. The molecule has 2 aliphatic rings. The number of piperidine rings is 1. The first-order valence-electron chi connectivity index (χ1n) is 14.5. The first-order chi connectivity index (χ1) is 18.2. The van der Waals surface area contributed by atoms with Gasteiger partial charge in [-0.05, 0) is 36.5 Å². The van der Waals surface area contributed by atoms with Gasteiger partial charge in [0.1, 0.15) is 6.04 Å². The van der Waals surface area contributed by atoms with E-state index in [1.807, 2.05) is 55.4 Å². The summed E-state index contributed by atoms with van der Waals surface area (Å²) in [5.74, 6) is -0.439. The molecule has 2 heterocycles. The summed E-state index contributed by atoms with van der Waals surface area (Å²) >= 11 is 0. The third-order valence-electron chi connectivity index (χ3n) is 8.15. The molecule has 2 saturated heterocycles. The molecule has 40 heavy (non-hydrogen) atoms. The van der Waals surface area contributed by atoms with Gasteiger partial charge in [-0.15, -0.1) is 0 Å². The molecule has 4 atom stereocenters. The van der Waals surface area contributed by atoms with Gasteiger partial charge in [0.2, 0.25) is 5.91 Å². The smallest absolute Gasteiger partial charge is 0.315 e. The minimum absolute atomic E-state index is 0.0817. The lowest BCUT2D eigenvalue weighted by atomic mass is 9.83. The van der Waals surface area contributed by atoms with Crippen LogP contribution in [0.1, 0.15) is 81.6 Å². The largest absolute Gasteiger partial charge is 0.334 e. The van der Waals surface area contributed by atoms with Gasteiger partial charge in [0.25, 0.3) is 10.2 Å². The van der Waals surface area contributed by atoms with Crippen LogP contribution in [0.25, 0.3) is 0 Å². The Bertz CT molecular complexity index is 1050. The van der Waals surface area contributed by atoms with Crippen LogP contribution in [0.5, 0.6) is 0 Å². The summed E-state index contributed by atoms with van der Waals surface area (Å²) in [7, 11) is -2.12. The number of ketones is 1. The third kappa shape index (κ3) is 8.06. The van der Waals surface area contributed by atoms with E-state index in [9.17, 15) is 22.8 Å². The van der Waals surface area contributed by atoms with Crippen molar-refractivity contribution in [1.82, 2.24) is 24.1 Å². The van der Waals surface area contributed by atoms with Crippen molar-refractivity contribution in [2.24, 2.45) is 22.7 Å². The number of nitrogens with zero attached hydrogens (tertiary/aromatic N) is 3. The Labute approximate surface area is 242 Å². The molecular formula is C29H53N5O5S. The fourth-order valence-corrected chi connectivity index (χ4v) is 7.14. The molecule has 0 spiro atoms. The Balaban J connectivity index is 2.24. The topological polar surface area (TPSA) is 119 Å². The van der Waals surface area contributed by atoms with Gasteiger partial charge >= 0.3 is 6.03 Å². The highest BCUT2D eigenvalue weighted by atomic mass is 32.2. The van der Waals surface area contributed by atoms with E-state index >= 15 is 0 Å². The number of likely N-dealkylation sites (tertiary alicyclic amines) is 1. The number of nitrogens with one attached hydrogen (secondary N) is 2. The normalized spacial score (nSPS) is 22.9. The minimum Gasteiger partial charge on any atom is -0.334 e. The van der Waals surface area contributed by atoms with Crippen molar-refractivity contribution in [3.05, 3.63) is 12.2 Å². The van der Waals surface area contributed by atoms with Crippen LogP contribution >= 0.6 is 0 Å². The molecule has 11 heteroatoms. The number of rotatable bonds is 9. The van der Waals surface area contributed by atoms with Crippen LogP contribution in [0, 0.1) is 22.7 Å². The van der Waals surface area contributed by atoms with Gasteiger partial charge < -0.3 is 15.5 Å². The van der Waals surface area contributed by atoms with E-state index in [1.54, 1.807) is 4.90 Å². The maximum absolute atomic E-state index is 13.9. The number of carbonyl (C=O) groups is 3. The Morgan fingerprint density at radius 3 is 2.00 bits per heavy atom. The van der Waals surface area contributed by atoms with E-state index in [4.69, 9.17) is 0 Å². The fourth-order valence-electron chi connectivity index (χ4n) is 5.69. The van der Waals surface area contributed by atoms with Crippen molar-refractivity contribution < 1.29 is 22.8 Å². The van der Waals surface area contributed by atoms with Gasteiger partial charge in [0.05, 0.1) is 6.04 Å². The summed E-state index contributed by atoms with van der Waals surface area (Å²) in [6, 6.07) is -2.63. The second kappa shape index (κ2) is 12.9. The maximum Gasteiger partial charge on any atom is 0.315 e. The molecule has 0 radical (unpaired) electrons.